The molecule has 25 heavy (non-hydrogen) atoms. The fourth-order valence-electron chi connectivity index (χ4n) is 2.75. The van der Waals surface area contributed by atoms with E-state index in [0.717, 1.165) is 6.42 Å². The second kappa shape index (κ2) is 7.03. The molecule has 3 aromatic rings. The van der Waals surface area contributed by atoms with Crippen LogP contribution in [-0.4, -0.2) is 22.0 Å². The zero-order chi connectivity index (χ0) is 18.0. The van der Waals surface area contributed by atoms with Gasteiger partial charge < -0.3 is 10.3 Å². The van der Waals surface area contributed by atoms with Gasteiger partial charge in [0.1, 0.15) is 0 Å². The summed E-state index contributed by atoms with van der Waals surface area (Å²) in [7, 11) is 1.62. The van der Waals surface area contributed by atoms with Gasteiger partial charge in [-0.25, -0.2) is 0 Å². The molecule has 3 rings (SSSR count). The number of hydrogen-bond donors (Lipinski definition) is 2. The van der Waals surface area contributed by atoms with E-state index in [1.54, 1.807) is 25.2 Å². The number of fused-ring (bicyclic) bond motifs is 1. The van der Waals surface area contributed by atoms with Crippen LogP contribution in [0.5, 0.6) is 0 Å². The Morgan fingerprint density at radius 2 is 2.00 bits per heavy atom. The standard InChI is InChI=1S/C19H19N3O2S/c1-12-5-3-4-6-13(12)9-10-20-17(23)14-7-8-15-16(11-14)21-19(25)22(2)18(15)24/h3-8,11H,9-10H2,1-2H3,(H,20,23)(H,21,25). The first-order valence-electron chi connectivity index (χ1n) is 8.03. The Hall–Kier alpha value is -2.73. The van der Waals surface area contributed by atoms with Crippen molar-refractivity contribution in [2.45, 2.75) is 13.3 Å². The monoisotopic (exact) mass is 353 g/mol. The summed E-state index contributed by atoms with van der Waals surface area (Å²) in [6.45, 7) is 2.61. The topological polar surface area (TPSA) is 66.9 Å². The van der Waals surface area contributed by atoms with Crippen LogP contribution in [0, 0.1) is 11.7 Å². The predicted octanol–water partition coefficient (Wildman–Crippen LogP) is 2.88. The Morgan fingerprint density at radius 1 is 1.24 bits per heavy atom. The molecule has 0 saturated heterocycles. The van der Waals surface area contributed by atoms with Crippen molar-refractivity contribution in [2.24, 2.45) is 7.05 Å². The van der Waals surface area contributed by atoms with Gasteiger partial charge in [-0.1, -0.05) is 24.3 Å². The van der Waals surface area contributed by atoms with Crippen molar-refractivity contribution in [1.29, 1.82) is 0 Å². The molecule has 0 fully saturated rings. The maximum absolute atomic E-state index is 12.4. The van der Waals surface area contributed by atoms with Gasteiger partial charge in [0, 0.05) is 19.2 Å². The van der Waals surface area contributed by atoms with E-state index in [1.165, 1.54) is 15.7 Å². The maximum atomic E-state index is 12.4. The average Bonchev–Trinajstić information content (AvgIpc) is 2.61. The maximum Gasteiger partial charge on any atom is 0.261 e. The lowest BCUT2D eigenvalue weighted by atomic mass is 10.1. The zero-order valence-electron chi connectivity index (χ0n) is 14.1. The van der Waals surface area contributed by atoms with E-state index in [2.05, 4.69) is 29.4 Å². The number of aromatic nitrogens is 2. The number of carbonyl (C=O) groups is 1. The summed E-state index contributed by atoms with van der Waals surface area (Å²) in [6.07, 6.45) is 0.773. The van der Waals surface area contributed by atoms with Gasteiger partial charge >= 0.3 is 0 Å². The molecule has 2 N–H and O–H groups in total. The van der Waals surface area contributed by atoms with Gasteiger partial charge in [0.2, 0.25) is 0 Å². The molecular weight excluding hydrogens is 334 g/mol. The van der Waals surface area contributed by atoms with Crippen molar-refractivity contribution >= 4 is 29.0 Å². The molecule has 2 aromatic carbocycles. The Balaban J connectivity index is 1.76. The number of benzene rings is 2. The van der Waals surface area contributed by atoms with Gasteiger partial charge in [-0.15, -0.1) is 0 Å². The van der Waals surface area contributed by atoms with Gasteiger partial charge in [-0.3, -0.25) is 14.2 Å². The lowest BCUT2D eigenvalue weighted by Gasteiger charge is -2.08. The van der Waals surface area contributed by atoms with Gasteiger partial charge in [-0.2, -0.15) is 0 Å². The second-order valence-corrected chi connectivity index (χ2v) is 6.37. The minimum atomic E-state index is -0.176. The van der Waals surface area contributed by atoms with Crippen LogP contribution < -0.4 is 10.9 Å². The van der Waals surface area contributed by atoms with Crippen LogP contribution >= 0.6 is 12.2 Å². The summed E-state index contributed by atoms with van der Waals surface area (Å²) in [4.78, 5) is 27.5. The fraction of sp³-hybridized carbons (Fsp3) is 0.211. The van der Waals surface area contributed by atoms with Crippen molar-refractivity contribution in [3.8, 4) is 0 Å². The van der Waals surface area contributed by atoms with E-state index in [-0.39, 0.29) is 11.5 Å². The van der Waals surface area contributed by atoms with E-state index in [9.17, 15) is 9.59 Å². The molecule has 0 atom stereocenters. The number of aryl methyl sites for hydroxylation is 1. The minimum absolute atomic E-state index is 0.171. The Labute approximate surface area is 150 Å². The van der Waals surface area contributed by atoms with E-state index in [1.807, 2.05) is 12.1 Å². The number of hydrogen-bond acceptors (Lipinski definition) is 3. The first-order valence-corrected chi connectivity index (χ1v) is 8.44. The lowest BCUT2D eigenvalue weighted by Crippen LogP contribution is -2.26. The Morgan fingerprint density at radius 3 is 2.76 bits per heavy atom. The molecule has 1 amide bonds. The van der Waals surface area contributed by atoms with Crippen LogP contribution in [0.1, 0.15) is 21.5 Å². The third-order valence-electron chi connectivity index (χ3n) is 4.30. The molecule has 0 unspecified atom stereocenters. The number of aromatic amines is 1. The molecule has 0 aliphatic rings. The Kier molecular flexibility index (Phi) is 4.81. The van der Waals surface area contributed by atoms with E-state index < -0.39 is 0 Å². The van der Waals surface area contributed by atoms with Crippen molar-refractivity contribution in [1.82, 2.24) is 14.9 Å². The van der Waals surface area contributed by atoms with Crippen LogP contribution in [0.25, 0.3) is 10.9 Å². The molecule has 6 heteroatoms. The van der Waals surface area contributed by atoms with E-state index in [0.29, 0.717) is 27.8 Å². The van der Waals surface area contributed by atoms with Crippen molar-refractivity contribution in [2.75, 3.05) is 6.54 Å². The molecule has 128 valence electrons. The van der Waals surface area contributed by atoms with Crippen LogP contribution in [0.4, 0.5) is 0 Å². The van der Waals surface area contributed by atoms with Gasteiger partial charge in [-0.05, 0) is 54.9 Å². The lowest BCUT2D eigenvalue weighted by molar-refractivity contribution is 0.0954. The summed E-state index contributed by atoms with van der Waals surface area (Å²) in [5.41, 5.74) is 3.32. The summed E-state index contributed by atoms with van der Waals surface area (Å²) < 4.78 is 1.70. The molecule has 1 aromatic heterocycles. The second-order valence-electron chi connectivity index (χ2n) is 5.99. The number of carbonyl (C=O) groups excluding carboxylic acids is 1. The fourth-order valence-corrected chi connectivity index (χ4v) is 2.94. The molecule has 0 spiro atoms. The van der Waals surface area contributed by atoms with Crippen molar-refractivity contribution in [3.05, 3.63) is 74.3 Å². The van der Waals surface area contributed by atoms with Crippen LogP contribution in [-0.2, 0) is 13.5 Å². The molecule has 0 bridgehead atoms. The third-order valence-corrected chi connectivity index (χ3v) is 4.68. The number of nitrogens with zero attached hydrogens (tertiary/aromatic N) is 1. The van der Waals surface area contributed by atoms with E-state index in [4.69, 9.17) is 12.2 Å². The predicted molar refractivity (Wildman–Crippen MR) is 102 cm³/mol. The summed E-state index contributed by atoms with van der Waals surface area (Å²) in [6, 6.07) is 13.1. The minimum Gasteiger partial charge on any atom is -0.352 e. The van der Waals surface area contributed by atoms with Crippen molar-refractivity contribution in [3.63, 3.8) is 0 Å². The smallest absolute Gasteiger partial charge is 0.261 e. The molecule has 0 saturated carbocycles. The van der Waals surface area contributed by atoms with E-state index >= 15 is 0 Å². The number of H-pyrrole nitrogens is 1. The van der Waals surface area contributed by atoms with Crippen LogP contribution in [0.15, 0.2) is 47.3 Å². The van der Waals surface area contributed by atoms with Crippen molar-refractivity contribution < 1.29 is 4.79 Å². The highest BCUT2D eigenvalue weighted by Crippen LogP contribution is 2.11. The van der Waals surface area contributed by atoms with Gasteiger partial charge in [0.15, 0.2) is 4.77 Å². The Bertz CT molecular complexity index is 1070. The summed E-state index contributed by atoms with van der Waals surface area (Å²) in [5, 5.41) is 3.42. The van der Waals surface area contributed by atoms with Crippen LogP contribution in [0.2, 0.25) is 0 Å². The zero-order valence-corrected chi connectivity index (χ0v) is 14.9. The molecule has 0 aliphatic carbocycles. The molecule has 0 radical (unpaired) electrons. The highest BCUT2D eigenvalue weighted by Gasteiger charge is 2.09. The number of rotatable bonds is 4. The highest BCUT2D eigenvalue weighted by atomic mass is 32.1. The molecular formula is C19H19N3O2S. The first kappa shape index (κ1) is 17.1. The molecule has 5 nitrogen and oxygen atoms in total. The van der Waals surface area contributed by atoms with Gasteiger partial charge in [0.05, 0.1) is 10.9 Å². The third kappa shape index (κ3) is 3.53. The highest BCUT2D eigenvalue weighted by molar-refractivity contribution is 7.71. The quantitative estimate of drug-likeness (QED) is 0.709. The van der Waals surface area contributed by atoms with Crippen LogP contribution in [0.3, 0.4) is 0 Å². The first-order chi connectivity index (χ1) is 12.0. The average molecular weight is 353 g/mol. The normalized spacial score (nSPS) is 10.8. The molecule has 0 aliphatic heterocycles. The summed E-state index contributed by atoms with van der Waals surface area (Å²) in [5.74, 6) is -0.171. The van der Waals surface area contributed by atoms with Gasteiger partial charge in [0.25, 0.3) is 11.5 Å². The molecule has 1 heterocycles. The SMILES string of the molecule is Cc1ccccc1CCNC(=O)c1ccc2c(=O)n(C)c(=S)[nH]c2c1. The largest absolute Gasteiger partial charge is 0.352 e. The number of amides is 1. The summed E-state index contributed by atoms with van der Waals surface area (Å²) >= 11 is 5.12. The number of nitrogens with one attached hydrogen (secondary N) is 2.